The largest absolute Gasteiger partial charge is 0.360 e. The zero-order chi connectivity index (χ0) is 19.4. The van der Waals surface area contributed by atoms with Gasteiger partial charge in [-0.25, -0.2) is 4.98 Å². The van der Waals surface area contributed by atoms with Crippen LogP contribution in [0.3, 0.4) is 0 Å². The van der Waals surface area contributed by atoms with Gasteiger partial charge in [-0.2, -0.15) is 0 Å². The molecule has 1 fully saturated rings. The Labute approximate surface area is 162 Å². The van der Waals surface area contributed by atoms with Crippen LogP contribution in [-0.4, -0.2) is 46.0 Å². The number of aromatic nitrogens is 2. The van der Waals surface area contributed by atoms with E-state index in [1.165, 1.54) is 11.3 Å². The van der Waals surface area contributed by atoms with Gasteiger partial charge in [0.05, 0.1) is 11.7 Å². The van der Waals surface area contributed by atoms with Crippen LogP contribution in [0.15, 0.2) is 16.0 Å². The number of hydrogen-bond donors (Lipinski definition) is 2. The van der Waals surface area contributed by atoms with E-state index < -0.39 is 0 Å². The number of aryl methyl sites for hydroxylation is 2. The van der Waals surface area contributed by atoms with Crippen molar-refractivity contribution in [2.45, 2.75) is 46.1 Å². The van der Waals surface area contributed by atoms with E-state index in [1.807, 2.05) is 19.2 Å². The Morgan fingerprint density at radius 2 is 2.07 bits per heavy atom. The molecule has 2 aromatic heterocycles. The Balaban J connectivity index is 1.51. The first-order valence-electron chi connectivity index (χ1n) is 9.17. The van der Waals surface area contributed by atoms with E-state index in [4.69, 9.17) is 4.52 Å². The van der Waals surface area contributed by atoms with Gasteiger partial charge in [-0.05, 0) is 46.2 Å². The molecule has 146 valence electrons. The third-order valence-electron chi connectivity index (χ3n) is 4.76. The minimum absolute atomic E-state index is 0.0135. The number of likely N-dealkylation sites (tertiary alicyclic amines) is 1. The van der Waals surface area contributed by atoms with Crippen molar-refractivity contribution in [1.29, 1.82) is 0 Å². The third kappa shape index (κ3) is 4.92. The molecule has 0 bridgehead atoms. The van der Waals surface area contributed by atoms with Crippen LogP contribution in [0.25, 0.3) is 0 Å². The van der Waals surface area contributed by atoms with Gasteiger partial charge in [0.2, 0.25) is 11.8 Å². The molecular weight excluding hydrogens is 366 g/mol. The minimum Gasteiger partial charge on any atom is -0.360 e. The molecule has 1 aliphatic rings. The highest BCUT2D eigenvalue weighted by atomic mass is 32.1. The van der Waals surface area contributed by atoms with Crippen molar-refractivity contribution in [1.82, 2.24) is 15.0 Å². The van der Waals surface area contributed by atoms with Crippen LogP contribution in [0.2, 0.25) is 0 Å². The predicted molar refractivity (Wildman–Crippen MR) is 104 cm³/mol. The number of anilines is 2. The minimum atomic E-state index is -0.243. The molecule has 0 radical (unpaired) electrons. The number of nitrogens with zero attached hydrogens (tertiary/aromatic N) is 3. The first-order chi connectivity index (χ1) is 13.0. The normalized spacial score (nSPS) is 16.9. The molecule has 1 unspecified atom stereocenters. The highest BCUT2D eigenvalue weighted by Crippen LogP contribution is 2.23. The van der Waals surface area contributed by atoms with Gasteiger partial charge in [0, 0.05) is 17.4 Å². The van der Waals surface area contributed by atoms with E-state index in [9.17, 15) is 9.59 Å². The monoisotopic (exact) mass is 391 g/mol. The highest BCUT2D eigenvalue weighted by Gasteiger charge is 2.31. The van der Waals surface area contributed by atoms with Crippen LogP contribution >= 0.6 is 11.3 Å². The molecule has 1 aliphatic heterocycles. The summed E-state index contributed by atoms with van der Waals surface area (Å²) in [5.41, 5.74) is 0.907. The smallest absolute Gasteiger partial charge is 0.242 e. The number of hydrogen-bond acceptors (Lipinski definition) is 7. The molecule has 0 aromatic carbocycles. The van der Waals surface area contributed by atoms with E-state index in [1.54, 1.807) is 13.0 Å². The second-order valence-corrected chi connectivity index (χ2v) is 7.69. The maximum atomic E-state index is 12.6. The summed E-state index contributed by atoms with van der Waals surface area (Å²) in [5.74, 6) is 0.959. The van der Waals surface area contributed by atoms with Crippen molar-refractivity contribution in [2.75, 3.05) is 23.7 Å². The fourth-order valence-corrected chi connectivity index (χ4v) is 4.03. The Hall–Kier alpha value is -2.26. The van der Waals surface area contributed by atoms with Gasteiger partial charge in [-0.15, -0.1) is 11.3 Å². The molecule has 2 amide bonds. The van der Waals surface area contributed by atoms with Gasteiger partial charge >= 0.3 is 0 Å². The van der Waals surface area contributed by atoms with Gasteiger partial charge in [0.25, 0.3) is 0 Å². The van der Waals surface area contributed by atoms with Gasteiger partial charge in [-0.3, -0.25) is 14.5 Å². The van der Waals surface area contributed by atoms with Crippen molar-refractivity contribution in [3.8, 4) is 0 Å². The van der Waals surface area contributed by atoms with Gasteiger partial charge < -0.3 is 15.2 Å². The molecular formula is C18H25N5O3S. The average molecular weight is 391 g/mol. The molecule has 1 saturated heterocycles. The third-order valence-corrected chi connectivity index (χ3v) is 5.63. The molecule has 2 N–H and O–H groups in total. The Morgan fingerprint density at radius 1 is 1.33 bits per heavy atom. The molecule has 8 nitrogen and oxygen atoms in total. The van der Waals surface area contributed by atoms with Crippen LogP contribution < -0.4 is 10.6 Å². The van der Waals surface area contributed by atoms with Crippen molar-refractivity contribution in [3.05, 3.63) is 22.9 Å². The summed E-state index contributed by atoms with van der Waals surface area (Å²) in [4.78, 5) is 31.4. The van der Waals surface area contributed by atoms with Crippen LogP contribution in [-0.2, 0) is 9.59 Å². The number of amides is 2. The lowest BCUT2D eigenvalue weighted by Crippen LogP contribution is -2.48. The number of rotatable bonds is 6. The summed E-state index contributed by atoms with van der Waals surface area (Å²) in [6.45, 7) is 7.09. The topological polar surface area (TPSA) is 100 Å². The van der Waals surface area contributed by atoms with E-state index in [0.29, 0.717) is 36.2 Å². The van der Waals surface area contributed by atoms with Gasteiger partial charge in [-0.1, -0.05) is 12.1 Å². The number of carbonyl (C=O) groups is 2. The number of piperidine rings is 1. The molecule has 2 aromatic rings. The lowest BCUT2D eigenvalue weighted by molar-refractivity contribution is -0.123. The molecule has 3 heterocycles. The maximum Gasteiger partial charge on any atom is 0.242 e. The van der Waals surface area contributed by atoms with Crippen molar-refractivity contribution in [2.24, 2.45) is 5.92 Å². The Bertz CT molecular complexity index is 795. The summed E-state index contributed by atoms with van der Waals surface area (Å²) < 4.78 is 4.99. The van der Waals surface area contributed by atoms with Crippen molar-refractivity contribution in [3.63, 3.8) is 0 Å². The number of nitrogens with one attached hydrogen (secondary N) is 2. The molecule has 27 heavy (non-hydrogen) atoms. The van der Waals surface area contributed by atoms with Gasteiger partial charge in [0.1, 0.15) is 5.76 Å². The average Bonchev–Trinajstić information content (AvgIpc) is 3.24. The van der Waals surface area contributed by atoms with E-state index in [2.05, 4.69) is 25.7 Å². The lowest BCUT2D eigenvalue weighted by atomic mass is 9.94. The van der Waals surface area contributed by atoms with Crippen molar-refractivity contribution >= 4 is 34.1 Å². The predicted octanol–water partition coefficient (Wildman–Crippen LogP) is 2.82. The summed E-state index contributed by atoms with van der Waals surface area (Å²) in [5, 5.41) is 12.1. The summed E-state index contributed by atoms with van der Waals surface area (Å²) in [6.07, 6.45) is 2.14. The van der Waals surface area contributed by atoms with E-state index in [-0.39, 0.29) is 23.8 Å². The SMILES string of the molecule is CCC(C(=O)Nc1cc(C)on1)N1CCC(C(=O)Nc2nc(C)cs2)CC1. The molecule has 3 rings (SSSR count). The fourth-order valence-electron chi connectivity index (χ4n) is 3.34. The quantitative estimate of drug-likeness (QED) is 0.785. The highest BCUT2D eigenvalue weighted by molar-refractivity contribution is 7.13. The second kappa shape index (κ2) is 8.62. The van der Waals surface area contributed by atoms with Crippen LogP contribution in [0.4, 0.5) is 10.9 Å². The zero-order valence-corrected chi connectivity index (χ0v) is 16.6. The number of thiazole rings is 1. The van der Waals surface area contributed by atoms with Crippen molar-refractivity contribution < 1.29 is 14.1 Å². The molecule has 9 heteroatoms. The molecule has 0 aliphatic carbocycles. The maximum absolute atomic E-state index is 12.6. The van der Waals surface area contributed by atoms with Crippen LogP contribution in [0.5, 0.6) is 0 Å². The van der Waals surface area contributed by atoms with E-state index in [0.717, 1.165) is 18.5 Å². The number of carbonyl (C=O) groups excluding carboxylic acids is 2. The summed E-state index contributed by atoms with van der Waals surface area (Å²) >= 11 is 1.44. The molecule has 0 spiro atoms. The second-order valence-electron chi connectivity index (χ2n) is 6.83. The Kier molecular flexibility index (Phi) is 6.22. The first-order valence-corrected chi connectivity index (χ1v) is 10.1. The summed E-state index contributed by atoms with van der Waals surface area (Å²) in [7, 11) is 0. The summed E-state index contributed by atoms with van der Waals surface area (Å²) in [6, 6.07) is 1.45. The standard InChI is InChI=1S/C18H25N5O3S/c1-4-14(17(25)20-15-9-12(3)26-22-15)23-7-5-13(6-8-23)16(24)21-18-19-11(2)10-27-18/h9-10,13-14H,4-8H2,1-3H3,(H,19,21,24)(H,20,22,25). The van der Waals surface area contributed by atoms with Gasteiger partial charge in [0.15, 0.2) is 10.9 Å². The Morgan fingerprint density at radius 3 is 2.63 bits per heavy atom. The zero-order valence-electron chi connectivity index (χ0n) is 15.8. The molecule has 0 saturated carbocycles. The first kappa shape index (κ1) is 19.5. The lowest BCUT2D eigenvalue weighted by Gasteiger charge is -2.35. The molecule has 1 atom stereocenters. The van der Waals surface area contributed by atoms with E-state index >= 15 is 0 Å². The van der Waals surface area contributed by atoms with Crippen LogP contribution in [0.1, 0.15) is 37.6 Å². The van der Waals surface area contributed by atoms with Crippen LogP contribution in [0, 0.1) is 19.8 Å². The fraction of sp³-hybridized carbons (Fsp3) is 0.556.